The number of carboxylic acid groups (broad SMARTS) is 1. The second-order valence-electron chi connectivity index (χ2n) is 13.4. The lowest BCUT2D eigenvalue weighted by Crippen LogP contribution is -2.56. The number of carbonyl (C=O) groups excluding carboxylic acids is 3. The van der Waals surface area contributed by atoms with Gasteiger partial charge in [-0.2, -0.15) is 4.80 Å². The number of rotatable bonds is 7. The Morgan fingerprint density at radius 3 is 2.75 bits per heavy atom. The summed E-state index contributed by atoms with van der Waals surface area (Å²) in [5.74, 6) is -1.58. The van der Waals surface area contributed by atoms with E-state index in [0.717, 1.165) is 19.3 Å². The molecule has 1 saturated carbocycles. The van der Waals surface area contributed by atoms with E-state index in [1.807, 2.05) is 12.2 Å². The lowest BCUT2D eigenvalue weighted by atomic mass is 10.0. The SMILES string of the molecule is C=CCOc1ccc(-c2nnn([C@@H]3C[C@H]4C(=O)N[C@]5(C(=O)O)C[C@H]5C=CCCCCC[C@H](NC(=O)OC(C)(C)C)C(=O)N4C3)n2)cc1Br. The van der Waals surface area contributed by atoms with Crippen molar-refractivity contribution in [3.63, 3.8) is 0 Å². The lowest BCUT2D eigenvalue weighted by molar-refractivity contribution is -0.145. The van der Waals surface area contributed by atoms with Crippen molar-refractivity contribution in [2.24, 2.45) is 5.92 Å². The van der Waals surface area contributed by atoms with Crippen LogP contribution >= 0.6 is 15.9 Å². The number of nitrogens with one attached hydrogen (secondary N) is 2. The van der Waals surface area contributed by atoms with Crippen molar-refractivity contribution in [2.45, 2.75) is 95.0 Å². The van der Waals surface area contributed by atoms with E-state index in [-0.39, 0.29) is 25.3 Å². The van der Waals surface area contributed by atoms with E-state index in [1.165, 1.54) is 9.70 Å². The number of amides is 3. The molecule has 1 saturated heterocycles. The second-order valence-corrected chi connectivity index (χ2v) is 14.3. The van der Waals surface area contributed by atoms with Gasteiger partial charge in [0.15, 0.2) is 0 Å². The van der Waals surface area contributed by atoms with Crippen molar-refractivity contribution in [3.8, 4) is 17.1 Å². The number of benzene rings is 1. The van der Waals surface area contributed by atoms with Crippen LogP contribution in [0.4, 0.5) is 4.79 Å². The van der Waals surface area contributed by atoms with Gasteiger partial charge in [0.1, 0.15) is 35.6 Å². The maximum absolute atomic E-state index is 14.2. The standard InChI is InChI=1S/C33H42BrN7O7/c1-5-15-47-26-14-13-20(16-23(26)34)27-37-39-41(38-27)22-17-25-28(42)36-33(30(44)45)18-21(33)11-9-7-6-8-10-12-24(29(43)40(25)19-22)35-31(46)48-32(2,3)4/h5,9,11,13-14,16,21-22,24-25H,1,6-8,10,12,15,17-19H2,2-4H3,(H,35,46)(H,36,42)(H,44,45)/t21-,22-,24+,25+,33-/m1/s1. The maximum Gasteiger partial charge on any atom is 0.408 e. The van der Waals surface area contributed by atoms with Gasteiger partial charge < -0.3 is 30.1 Å². The quantitative estimate of drug-likeness (QED) is 0.351. The Balaban J connectivity index is 1.43. The Morgan fingerprint density at radius 2 is 2.04 bits per heavy atom. The molecule has 2 aliphatic heterocycles. The van der Waals surface area contributed by atoms with Gasteiger partial charge in [0, 0.05) is 24.4 Å². The molecule has 48 heavy (non-hydrogen) atoms. The third-order valence-electron chi connectivity index (χ3n) is 8.63. The van der Waals surface area contributed by atoms with Gasteiger partial charge in [-0.1, -0.05) is 37.6 Å². The zero-order chi connectivity index (χ0) is 34.6. The first-order valence-corrected chi connectivity index (χ1v) is 17.0. The number of hydrogen-bond donors (Lipinski definition) is 3. The van der Waals surface area contributed by atoms with Crippen LogP contribution < -0.4 is 15.4 Å². The number of hydrogen-bond acceptors (Lipinski definition) is 9. The number of allylic oxidation sites excluding steroid dienone is 1. The van der Waals surface area contributed by atoms with Crippen molar-refractivity contribution in [2.75, 3.05) is 13.2 Å². The Morgan fingerprint density at radius 1 is 1.25 bits per heavy atom. The highest BCUT2D eigenvalue weighted by Crippen LogP contribution is 2.45. The average molecular weight is 729 g/mol. The number of nitrogens with zero attached hydrogens (tertiary/aromatic N) is 5. The molecular formula is C33H42BrN7O7. The maximum atomic E-state index is 14.2. The number of aromatic nitrogens is 4. The lowest BCUT2D eigenvalue weighted by Gasteiger charge is -2.30. The van der Waals surface area contributed by atoms with E-state index in [0.29, 0.717) is 41.1 Å². The van der Waals surface area contributed by atoms with Gasteiger partial charge in [-0.15, -0.1) is 10.2 Å². The van der Waals surface area contributed by atoms with Crippen LogP contribution in [-0.4, -0.2) is 90.5 Å². The fourth-order valence-electron chi connectivity index (χ4n) is 6.10. The van der Waals surface area contributed by atoms with Crippen LogP contribution in [0.3, 0.4) is 0 Å². The molecule has 0 radical (unpaired) electrons. The summed E-state index contributed by atoms with van der Waals surface area (Å²) in [5.41, 5.74) is -1.56. The van der Waals surface area contributed by atoms with E-state index < -0.39 is 53.1 Å². The molecule has 3 heterocycles. The van der Waals surface area contributed by atoms with Gasteiger partial charge in [-0.25, -0.2) is 9.59 Å². The number of carboxylic acids is 1. The third kappa shape index (κ3) is 8.05. The van der Waals surface area contributed by atoms with E-state index >= 15 is 0 Å². The summed E-state index contributed by atoms with van der Waals surface area (Å²) in [6, 6.07) is 2.81. The summed E-state index contributed by atoms with van der Waals surface area (Å²) in [6.07, 6.45) is 8.46. The minimum atomic E-state index is -1.44. The smallest absolute Gasteiger partial charge is 0.408 e. The molecule has 3 aliphatic rings. The molecule has 0 unspecified atom stereocenters. The van der Waals surface area contributed by atoms with Gasteiger partial charge in [-0.05, 0) is 85.8 Å². The first-order valence-electron chi connectivity index (χ1n) is 16.2. The number of alkyl carbamates (subject to hydrolysis) is 1. The van der Waals surface area contributed by atoms with Crippen LogP contribution in [0.1, 0.15) is 71.8 Å². The largest absolute Gasteiger partial charge is 0.488 e. The third-order valence-corrected chi connectivity index (χ3v) is 9.25. The number of carbonyl (C=O) groups is 4. The first-order chi connectivity index (χ1) is 22.8. The van der Waals surface area contributed by atoms with Gasteiger partial charge in [0.25, 0.3) is 0 Å². The van der Waals surface area contributed by atoms with Crippen LogP contribution in [0, 0.1) is 5.92 Å². The van der Waals surface area contributed by atoms with Gasteiger partial charge in [0.2, 0.25) is 17.6 Å². The Kier molecular flexibility index (Phi) is 10.6. The van der Waals surface area contributed by atoms with Gasteiger partial charge in [0.05, 0.1) is 10.5 Å². The second kappa shape index (κ2) is 14.5. The molecule has 1 aliphatic carbocycles. The summed E-state index contributed by atoms with van der Waals surface area (Å²) in [4.78, 5) is 56.1. The molecule has 2 aromatic rings. The number of halogens is 1. The number of fused-ring (bicyclic) bond motifs is 2. The molecule has 14 nitrogen and oxygen atoms in total. The average Bonchev–Trinajstić information content (AvgIpc) is 3.32. The monoisotopic (exact) mass is 727 g/mol. The van der Waals surface area contributed by atoms with Crippen molar-refractivity contribution in [1.82, 2.24) is 35.7 Å². The summed E-state index contributed by atoms with van der Waals surface area (Å²) < 4.78 is 11.8. The highest BCUT2D eigenvalue weighted by Gasteiger charge is 2.61. The summed E-state index contributed by atoms with van der Waals surface area (Å²) in [6.45, 7) is 9.24. The first kappa shape index (κ1) is 35.0. The normalized spacial score (nSPS) is 26.3. The Hall–Kier alpha value is -4.27. The molecule has 3 amide bonds. The van der Waals surface area contributed by atoms with Crippen LogP contribution in [0.2, 0.25) is 0 Å². The molecule has 0 spiro atoms. The number of aliphatic carboxylic acids is 1. The minimum absolute atomic E-state index is 0.0423. The predicted octanol–water partition coefficient (Wildman–Crippen LogP) is 4.18. The molecule has 15 heteroatoms. The van der Waals surface area contributed by atoms with Crippen LogP contribution in [-0.2, 0) is 19.1 Å². The zero-order valence-electron chi connectivity index (χ0n) is 27.4. The topological polar surface area (TPSA) is 178 Å². The number of tetrazole rings is 1. The van der Waals surface area contributed by atoms with Gasteiger partial charge in [-0.3, -0.25) is 9.59 Å². The fourth-order valence-corrected chi connectivity index (χ4v) is 6.59. The highest BCUT2D eigenvalue weighted by molar-refractivity contribution is 9.10. The molecule has 0 bridgehead atoms. The van der Waals surface area contributed by atoms with E-state index in [9.17, 15) is 24.3 Å². The Labute approximate surface area is 287 Å². The van der Waals surface area contributed by atoms with Crippen LogP contribution in [0.25, 0.3) is 11.4 Å². The highest BCUT2D eigenvalue weighted by atomic mass is 79.9. The van der Waals surface area contributed by atoms with Gasteiger partial charge >= 0.3 is 12.1 Å². The predicted molar refractivity (Wildman–Crippen MR) is 178 cm³/mol. The molecule has 5 atom stereocenters. The van der Waals surface area contributed by atoms with E-state index in [1.54, 1.807) is 45.0 Å². The minimum Gasteiger partial charge on any atom is -0.488 e. The van der Waals surface area contributed by atoms with Crippen molar-refractivity contribution in [1.29, 1.82) is 0 Å². The van der Waals surface area contributed by atoms with Crippen LogP contribution in [0.15, 0.2) is 47.5 Å². The molecule has 2 fully saturated rings. The fraction of sp³-hybridized carbons (Fsp3) is 0.545. The molecular weight excluding hydrogens is 686 g/mol. The van der Waals surface area contributed by atoms with Crippen molar-refractivity contribution in [3.05, 3.63) is 47.5 Å². The summed E-state index contributed by atoms with van der Waals surface area (Å²) in [7, 11) is 0. The molecule has 1 aromatic heterocycles. The zero-order valence-corrected chi connectivity index (χ0v) is 28.9. The van der Waals surface area contributed by atoms with Crippen LogP contribution in [0.5, 0.6) is 5.75 Å². The molecule has 258 valence electrons. The molecule has 5 rings (SSSR count). The van der Waals surface area contributed by atoms with Crippen molar-refractivity contribution >= 4 is 39.8 Å². The number of ether oxygens (including phenoxy) is 2. The summed E-state index contributed by atoms with van der Waals surface area (Å²) in [5, 5.41) is 28.7. The molecule has 1 aromatic carbocycles. The van der Waals surface area contributed by atoms with E-state index in [4.69, 9.17) is 9.47 Å². The summed E-state index contributed by atoms with van der Waals surface area (Å²) >= 11 is 3.50. The van der Waals surface area contributed by atoms with Crippen molar-refractivity contribution < 1.29 is 33.8 Å². The Bertz CT molecular complexity index is 1590. The molecule has 3 N–H and O–H groups in total. The van der Waals surface area contributed by atoms with E-state index in [2.05, 4.69) is 48.6 Å².